The zero-order valence-electron chi connectivity index (χ0n) is 14.4. The van der Waals surface area contributed by atoms with Crippen molar-refractivity contribution < 1.29 is 18.8 Å². The topological polar surface area (TPSA) is 75.9 Å². The highest BCUT2D eigenvalue weighted by atomic mass is 16.5. The summed E-state index contributed by atoms with van der Waals surface area (Å²) >= 11 is 0. The Morgan fingerprint density at radius 1 is 1.08 bits per heavy atom. The molecule has 132 valence electrons. The van der Waals surface area contributed by atoms with E-state index in [4.69, 9.17) is 9.26 Å². The largest absolute Gasteiger partial charge is 0.496 e. The summed E-state index contributed by atoms with van der Waals surface area (Å²) < 4.78 is 10.3. The van der Waals surface area contributed by atoms with E-state index in [9.17, 15) is 9.59 Å². The molecule has 1 aliphatic rings. The van der Waals surface area contributed by atoms with Gasteiger partial charge in [0.25, 0.3) is 11.8 Å². The molecule has 0 unspecified atom stereocenters. The molecule has 1 aliphatic heterocycles. The minimum atomic E-state index is -0.163. The Hall–Kier alpha value is -2.83. The van der Waals surface area contributed by atoms with Crippen molar-refractivity contribution in [3.8, 4) is 5.75 Å². The van der Waals surface area contributed by atoms with Gasteiger partial charge in [-0.25, -0.2) is 0 Å². The molecule has 0 radical (unpaired) electrons. The first-order valence-electron chi connectivity index (χ1n) is 8.25. The number of carbonyl (C=O) groups excluding carboxylic acids is 2. The molecule has 2 heterocycles. The summed E-state index contributed by atoms with van der Waals surface area (Å²) in [6, 6.07) is 8.81. The lowest BCUT2D eigenvalue weighted by atomic mass is 10.1. The van der Waals surface area contributed by atoms with Crippen LogP contribution in [0, 0.1) is 6.92 Å². The van der Waals surface area contributed by atoms with Gasteiger partial charge in [-0.05, 0) is 25.5 Å². The predicted molar refractivity (Wildman–Crippen MR) is 90.7 cm³/mol. The highest BCUT2D eigenvalue weighted by Crippen LogP contribution is 2.20. The molecule has 1 fully saturated rings. The maximum absolute atomic E-state index is 12.8. The number of ether oxygens (including phenoxy) is 1. The number of para-hydroxylation sites is 1. The van der Waals surface area contributed by atoms with Gasteiger partial charge in [0.05, 0.1) is 12.7 Å². The molecule has 2 amide bonds. The average Bonchev–Trinajstić information content (AvgIpc) is 2.92. The van der Waals surface area contributed by atoms with Gasteiger partial charge in [0.1, 0.15) is 11.5 Å². The number of carbonyl (C=O) groups is 2. The monoisotopic (exact) mass is 343 g/mol. The summed E-state index contributed by atoms with van der Waals surface area (Å²) in [4.78, 5) is 28.8. The molecule has 7 heteroatoms. The minimum absolute atomic E-state index is 0.0796. The molecule has 0 saturated carbocycles. The lowest BCUT2D eigenvalue weighted by Crippen LogP contribution is -2.37. The van der Waals surface area contributed by atoms with Crippen LogP contribution in [-0.4, -0.2) is 60.1 Å². The van der Waals surface area contributed by atoms with Gasteiger partial charge in [0.15, 0.2) is 5.69 Å². The maximum atomic E-state index is 12.8. The zero-order valence-corrected chi connectivity index (χ0v) is 14.4. The van der Waals surface area contributed by atoms with E-state index < -0.39 is 0 Å². The summed E-state index contributed by atoms with van der Waals surface area (Å²) in [6.07, 6.45) is 0.712. The van der Waals surface area contributed by atoms with Crippen LogP contribution in [-0.2, 0) is 0 Å². The van der Waals surface area contributed by atoms with Crippen molar-refractivity contribution in [2.75, 3.05) is 33.3 Å². The number of hydrogen-bond donors (Lipinski definition) is 0. The van der Waals surface area contributed by atoms with Crippen molar-refractivity contribution in [1.82, 2.24) is 15.0 Å². The molecule has 2 aromatic rings. The second-order valence-electron chi connectivity index (χ2n) is 5.96. The molecule has 1 aromatic heterocycles. The molecular formula is C18H21N3O4. The smallest absolute Gasteiger partial charge is 0.276 e. The van der Waals surface area contributed by atoms with Crippen LogP contribution in [0.25, 0.3) is 0 Å². The number of methoxy groups -OCH3 is 1. The quantitative estimate of drug-likeness (QED) is 0.852. The fourth-order valence-electron chi connectivity index (χ4n) is 2.94. The summed E-state index contributed by atoms with van der Waals surface area (Å²) in [7, 11) is 1.55. The van der Waals surface area contributed by atoms with Crippen LogP contribution in [0.3, 0.4) is 0 Å². The number of benzene rings is 1. The third kappa shape index (κ3) is 3.65. The average molecular weight is 343 g/mol. The van der Waals surface area contributed by atoms with Gasteiger partial charge in [0.2, 0.25) is 0 Å². The summed E-state index contributed by atoms with van der Waals surface area (Å²) in [5, 5.41) is 3.78. The van der Waals surface area contributed by atoms with Crippen molar-refractivity contribution in [2.24, 2.45) is 0 Å². The van der Waals surface area contributed by atoms with Crippen LogP contribution < -0.4 is 4.74 Å². The summed E-state index contributed by atoms with van der Waals surface area (Å²) in [5.41, 5.74) is 0.846. The number of amides is 2. The van der Waals surface area contributed by atoms with Gasteiger partial charge >= 0.3 is 0 Å². The number of rotatable bonds is 3. The number of aryl methyl sites for hydroxylation is 1. The Kier molecular flexibility index (Phi) is 5.02. The molecule has 0 aliphatic carbocycles. The normalized spacial score (nSPS) is 15.0. The summed E-state index contributed by atoms with van der Waals surface area (Å²) in [5.74, 6) is 0.918. The standard InChI is InChI=1S/C18H21N3O4/c1-13-12-15(19-25-13)18(23)21-9-5-8-20(10-11-21)17(22)14-6-3-4-7-16(14)24-2/h3-4,6-7,12H,5,8-11H2,1-2H3. The van der Waals surface area contributed by atoms with E-state index in [1.165, 1.54) is 0 Å². The van der Waals surface area contributed by atoms with Gasteiger partial charge in [-0.2, -0.15) is 0 Å². The van der Waals surface area contributed by atoms with Gasteiger partial charge in [-0.1, -0.05) is 17.3 Å². The molecule has 1 aromatic carbocycles. The van der Waals surface area contributed by atoms with E-state index in [1.807, 2.05) is 12.1 Å². The highest BCUT2D eigenvalue weighted by Gasteiger charge is 2.26. The Labute approximate surface area is 146 Å². The molecule has 0 atom stereocenters. The van der Waals surface area contributed by atoms with Crippen molar-refractivity contribution in [3.63, 3.8) is 0 Å². The zero-order chi connectivity index (χ0) is 17.8. The molecule has 0 bridgehead atoms. The minimum Gasteiger partial charge on any atom is -0.496 e. The third-order valence-electron chi connectivity index (χ3n) is 4.25. The van der Waals surface area contributed by atoms with Crippen LogP contribution in [0.15, 0.2) is 34.9 Å². The van der Waals surface area contributed by atoms with E-state index in [0.717, 1.165) is 0 Å². The second kappa shape index (κ2) is 7.38. The predicted octanol–water partition coefficient (Wildman–Crippen LogP) is 1.98. The first-order valence-corrected chi connectivity index (χ1v) is 8.25. The van der Waals surface area contributed by atoms with Crippen molar-refractivity contribution >= 4 is 11.8 Å². The molecule has 3 rings (SSSR count). The van der Waals surface area contributed by atoms with Crippen LogP contribution >= 0.6 is 0 Å². The van der Waals surface area contributed by atoms with Crippen LogP contribution in [0.4, 0.5) is 0 Å². The van der Waals surface area contributed by atoms with Gasteiger partial charge < -0.3 is 19.1 Å². The van der Waals surface area contributed by atoms with E-state index in [0.29, 0.717) is 55.4 Å². The molecule has 7 nitrogen and oxygen atoms in total. The van der Waals surface area contributed by atoms with Crippen molar-refractivity contribution in [3.05, 3.63) is 47.3 Å². The fraction of sp³-hybridized carbons (Fsp3) is 0.389. The Morgan fingerprint density at radius 3 is 2.40 bits per heavy atom. The first-order chi connectivity index (χ1) is 12.1. The SMILES string of the molecule is COc1ccccc1C(=O)N1CCCN(C(=O)c2cc(C)on2)CC1. The Bertz CT molecular complexity index is 771. The molecule has 0 N–H and O–H groups in total. The van der Waals surface area contributed by atoms with Gasteiger partial charge in [0, 0.05) is 32.2 Å². The fourth-order valence-corrected chi connectivity index (χ4v) is 2.94. The van der Waals surface area contributed by atoms with Gasteiger partial charge in [-0.3, -0.25) is 9.59 Å². The van der Waals surface area contributed by atoms with Crippen LogP contribution in [0.1, 0.15) is 33.0 Å². The summed E-state index contributed by atoms with van der Waals surface area (Å²) in [6.45, 7) is 3.86. The van der Waals surface area contributed by atoms with E-state index in [1.54, 1.807) is 42.0 Å². The molecular weight excluding hydrogens is 322 g/mol. The lowest BCUT2D eigenvalue weighted by molar-refractivity contribution is 0.0711. The van der Waals surface area contributed by atoms with Crippen molar-refractivity contribution in [1.29, 1.82) is 0 Å². The van der Waals surface area contributed by atoms with Crippen LogP contribution in [0.2, 0.25) is 0 Å². The number of hydrogen-bond acceptors (Lipinski definition) is 5. The second-order valence-corrected chi connectivity index (χ2v) is 5.96. The van der Waals surface area contributed by atoms with Gasteiger partial charge in [-0.15, -0.1) is 0 Å². The first kappa shape index (κ1) is 17.0. The highest BCUT2D eigenvalue weighted by molar-refractivity contribution is 5.97. The Morgan fingerprint density at radius 2 is 1.76 bits per heavy atom. The van der Waals surface area contributed by atoms with E-state index in [2.05, 4.69) is 5.16 Å². The lowest BCUT2D eigenvalue weighted by Gasteiger charge is -2.22. The molecule has 1 saturated heterocycles. The Balaban J connectivity index is 1.69. The van der Waals surface area contributed by atoms with E-state index in [-0.39, 0.29) is 11.8 Å². The van der Waals surface area contributed by atoms with Crippen molar-refractivity contribution in [2.45, 2.75) is 13.3 Å². The van der Waals surface area contributed by atoms with E-state index >= 15 is 0 Å². The number of nitrogens with zero attached hydrogens (tertiary/aromatic N) is 3. The maximum Gasteiger partial charge on any atom is 0.276 e. The molecule has 25 heavy (non-hydrogen) atoms. The third-order valence-corrected chi connectivity index (χ3v) is 4.25. The number of aromatic nitrogens is 1. The van der Waals surface area contributed by atoms with Crippen LogP contribution in [0.5, 0.6) is 5.75 Å². The molecule has 0 spiro atoms.